The number of para-hydroxylation sites is 1. The van der Waals surface area contributed by atoms with Crippen LogP contribution in [0.25, 0.3) is 22.3 Å². The monoisotopic (exact) mass is 617 g/mol. The van der Waals surface area contributed by atoms with Gasteiger partial charge in [0.15, 0.2) is 11.6 Å². The van der Waals surface area contributed by atoms with E-state index in [2.05, 4.69) is 18.9 Å². The molecule has 0 aliphatic rings. The Morgan fingerprint density at radius 2 is 1.70 bits per heavy atom. The minimum absolute atomic E-state index is 0.0408. The Hall–Kier alpha value is -4.20. The fraction of sp³-hybridized carbons (Fsp3) is 0.206. The molecule has 0 radical (unpaired) electrons. The zero-order chi connectivity index (χ0) is 30.7. The number of ether oxygens (including phenoxy) is 2. The van der Waals surface area contributed by atoms with Gasteiger partial charge in [0.25, 0.3) is 5.56 Å². The van der Waals surface area contributed by atoms with E-state index in [4.69, 9.17) is 37.7 Å². The predicted molar refractivity (Wildman–Crippen MR) is 172 cm³/mol. The first-order valence-corrected chi connectivity index (χ1v) is 14.6. The smallest absolute Gasteiger partial charge is 0.282 e. The number of aryl methyl sites for hydroxylation is 1. The van der Waals surface area contributed by atoms with Crippen molar-refractivity contribution in [1.82, 2.24) is 9.66 Å². The summed E-state index contributed by atoms with van der Waals surface area (Å²) in [5, 5.41) is 5.45. The van der Waals surface area contributed by atoms with Crippen LogP contribution in [0.2, 0.25) is 10.0 Å². The summed E-state index contributed by atoms with van der Waals surface area (Å²) in [4.78, 5) is 18.6. The van der Waals surface area contributed by atoms with Gasteiger partial charge in [0, 0.05) is 11.1 Å². The van der Waals surface area contributed by atoms with E-state index in [0.29, 0.717) is 34.5 Å². The highest BCUT2D eigenvalue weighted by Crippen LogP contribution is 2.36. The highest BCUT2D eigenvalue weighted by Gasteiger charge is 2.19. The number of halogens is 3. The van der Waals surface area contributed by atoms with Gasteiger partial charge in [0.2, 0.25) is 0 Å². The van der Waals surface area contributed by atoms with E-state index in [1.54, 1.807) is 48.5 Å². The van der Waals surface area contributed by atoms with Gasteiger partial charge < -0.3 is 9.47 Å². The molecule has 220 valence electrons. The molecule has 0 saturated heterocycles. The molecule has 43 heavy (non-hydrogen) atoms. The third-order valence-electron chi connectivity index (χ3n) is 6.95. The number of hydrogen-bond donors (Lipinski definition) is 0. The minimum atomic E-state index is -0.382. The lowest BCUT2D eigenvalue weighted by Crippen LogP contribution is -2.21. The maximum atomic E-state index is 14.0. The number of hydrogen-bond acceptors (Lipinski definition) is 5. The molecular formula is C34H30Cl2FN3O3. The molecule has 0 fully saturated rings. The summed E-state index contributed by atoms with van der Waals surface area (Å²) in [6, 6.07) is 20.7. The second-order valence-corrected chi connectivity index (χ2v) is 11.1. The molecule has 4 aromatic carbocycles. The Bertz CT molecular complexity index is 1880. The minimum Gasteiger partial charge on any atom is -0.494 e. The maximum absolute atomic E-state index is 14.0. The first kappa shape index (κ1) is 30.3. The predicted octanol–water partition coefficient (Wildman–Crippen LogP) is 8.80. The molecule has 0 atom stereocenters. The van der Waals surface area contributed by atoms with Gasteiger partial charge in [-0.2, -0.15) is 9.78 Å². The number of fused-ring (bicyclic) bond motifs is 1. The van der Waals surface area contributed by atoms with E-state index in [-0.39, 0.29) is 39.7 Å². The van der Waals surface area contributed by atoms with Gasteiger partial charge in [-0.25, -0.2) is 9.37 Å². The lowest BCUT2D eigenvalue weighted by molar-refractivity contribution is 0.300. The number of nitrogens with zero attached hydrogens (tertiary/aromatic N) is 3. The normalized spacial score (nSPS) is 11.5. The molecule has 0 aliphatic carbocycles. The van der Waals surface area contributed by atoms with Crippen molar-refractivity contribution >= 4 is 40.3 Å². The Morgan fingerprint density at radius 1 is 1.00 bits per heavy atom. The molecule has 1 aromatic heterocycles. The summed E-state index contributed by atoms with van der Waals surface area (Å²) in [6.07, 6.45) is 1.49. The zero-order valence-corrected chi connectivity index (χ0v) is 25.7. The second-order valence-electron chi connectivity index (χ2n) is 10.3. The zero-order valence-electron chi connectivity index (χ0n) is 24.2. The van der Waals surface area contributed by atoms with Gasteiger partial charge in [0.05, 0.1) is 33.8 Å². The van der Waals surface area contributed by atoms with Crippen molar-refractivity contribution in [2.24, 2.45) is 5.10 Å². The molecule has 0 aliphatic heterocycles. The third kappa shape index (κ3) is 6.43. The lowest BCUT2D eigenvalue weighted by atomic mass is 9.96. The molecule has 0 N–H and O–H groups in total. The molecule has 5 rings (SSSR count). The van der Waals surface area contributed by atoms with Crippen molar-refractivity contribution in [3.05, 3.63) is 121 Å². The van der Waals surface area contributed by atoms with Crippen molar-refractivity contribution in [1.29, 1.82) is 0 Å². The van der Waals surface area contributed by atoms with E-state index in [9.17, 15) is 9.18 Å². The summed E-state index contributed by atoms with van der Waals surface area (Å²) in [7, 11) is 0. The Labute approximate surface area is 259 Å². The Morgan fingerprint density at radius 3 is 2.40 bits per heavy atom. The number of aromatic nitrogens is 2. The molecule has 0 bridgehead atoms. The van der Waals surface area contributed by atoms with Crippen LogP contribution in [0.3, 0.4) is 0 Å². The van der Waals surface area contributed by atoms with E-state index in [1.165, 1.54) is 17.0 Å². The Balaban J connectivity index is 1.57. The van der Waals surface area contributed by atoms with E-state index < -0.39 is 0 Å². The lowest BCUT2D eigenvalue weighted by Gasteiger charge is -2.18. The first-order valence-electron chi connectivity index (χ1n) is 13.9. The van der Waals surface area contributed by atoms with Crippen molar-refractivity contribution in [3.8, 4) is 22.9 Å². The van der Waals surface area contributed by atoms with Crippen LogP contribution in [-0.4, -0.2) is 22.5 Å². The van der Waals surface area contributed by atoms with Gasteiger partial charge in [0.1, 0.15) is 18.2 Å². The van der Waals surface area contributed by atoms with Crippen LogP contribution in [-0.2, 0) is 6.61 Å². The molecular weight excluding hydrogens is 588 g/mol. The van der Waals surface area contributed by atoms with Crippen LogP contribution in [0.5, 0.6) is 11.5 Å². The average molecular weight is 619 g/mol. The van der Waals surface area contributed by atoms with Crippen molar-refractivity contribution < 1.29 is 13.9 Å². The summed E-state index contributed by atoms with van der Waals surface area (Å²) in [6.45, 7) is 8.59. The molecule has 0 amide bonds. The summed E-state index contributed by atoms with van der Waals surface area (Å²) < 4.78 is 27.0. The average Bonchev–Trinajstić information content (AvgIpc) is 2.97. The van der Waals surface area contributed by atoms with Gasteiger partial charge >= 0.3 is 0 Å². The molecule has 9 heteroatoms. The topological polar surface area (TPSA) is 65.7 Å². The van der Waals surface area contributed by atoms with Crippen molar-refractivity contribution in [3.63, 3.8) is 0 Å². The standard InChI is InChI=1S/C34H30Cl2FN3O3/c1-5-42-31-14-21(4)26(17-25(31)20(2)3)33-39-30-13-9-7-11-24(30)34(41)40(33)38-18-22-15-27(35)32(28(36)16-22)43-19-23-10-6-8-12-29(23)37/h6-18,20H,5,19H2,1-4H3. The van der Waals surface area contributed by atoms with Crippen LogP contribution >= 0.6 is 23.2 Å². The van der Waals surface area contributed by atoms with E-state index in [0.717, 1.165) is 22.4 Å². The van der Waals surface area contributed by atoms with Crippen molar-refractivity contribution in [2.45, 2.75) is 40.2 Å². The maximum Gasteiger partial charge on any atom is 0.282 e. The molecule has 0 unspecified atom stereocenters. The highest BCUT2D eigenvalue weighted by atomic mass is 35.5. The highest BCUT2D eigenvalue weighted by molar-refractivity contribution is 6.37. The largest absolute Gasteiger partial charge is 0.494 e. The molecule has 5 aromatic rings. The Kier molecular flexibility index (Phi) is 9.14. The van der Waals surface area contributed by atoms with E-state index >= 15 is 0 Å². The van der Waals surface area contributed by atoms with E-state index in [1.807, 2.05) is 32.0 Å². The van der Waals surface area contributed by atoms with Gasteiger partial charge in [-0.15, -0.1) is 0 Å². The molecule has 6 nitrogen and oxygen atoms in total. The number of benzene rings is 4. The third-order valence-corrected chi connectivity index (χ3v) is 7.51. The SMILES string of the molecule is CCOc1cc(C)c(-c2nc3ccccc3c(=O)n2N=Cc2cc(Cl)c(OCc3ccccc3F)c(Cl)c2)cc1C(C)C. The fourth-order valence-corrected chi connectivity index (χ4v) is 5.37. The van der Waals surface area contributed by atoms with Crippen LogP contribution in [0.1, 0.15) is 48.9 Å². The number of rotatable bonds is 9. The molecule has 0 spiro atoms. The van der Waals surface area contributed by atoms with Crippen LogP contribution < -0.4 is 15.0 Å². The summed E-state index contributed by atoms with van der Waals surface area (Å²) in [5.74, 6) is 1.21. The van der Waals surface area contributed by atoms with Crippen LogP contribution in [0.4, 0.5) is 4.39 Å². The van der Waals surface area contributed by atoms with Crippen LogP contribution in [0, 0.1) is 12.7 Å². The first-order chi connectivity index (χ1) is 20.7. The summed E-state index contributed by atoms with van der Waals surface area (Å²) >= 11 is 13.0. The van der Waals surface area contributed by atoms with Crippen LogP contribution in [0.15, 0.2) is 82.7 Å². The molecule has 0 saturated carbocycles. The van der Waals surface area contributed by atoms with Gasteiger partial charge in [-0.1, -0.05) is 67.4 Å². The van der Waals surface area contributed by atoms with Gasteiger partial charge in [-0.05, 0) is 78.9 Å². The fourth-order valence-electron chi connectivity index (χ4n) is 4.76. The summed E-state index contributed by atoms with van der Waals surface area (Å²) in [5.41, 5.74) is 3.81. The molecule has 1 heterocycles. The quantitative estimate of drug-likeness (QED) is 0.155. The second kappa shape index (κ2) is 13.0. The van der Waals surface area contributed by atoms with Crippen molar-refractivity contribution in [2.75, 3.05) is 6.61 Å². The van der Waals surface area contributed by atoms with Gasteiger partial charge in [-0.3, -0.25) is 4.79 Å².